The smallest absolute Gasteiger partial charge is 0.327 e. The van der Waals surface area contributed by atoms with Crippen molar-refractivity contribution < 1.29 is 19.8 Å². The van der Waals surface area contributed by atoms with Gasteiger partial charge in [0.15, 0.2) is 0 Å². The van der Waals surface area contributed by atoms with Crippen molar-refractivity contribution in [1.82, 2.24) is 0 Å². The molecule has 78 valence electrons. The molecular weight excluding hydrogens is 184 g/mol. The summed E-state index contributed by atoms with van der Waals surface area (Å²) >= 11 is 0. The van der Waals surface area contributed by atoms with Crippen LogP contribution in [-0.2, 0) is 9.59 Å². The second-order valence-electron chi connectivity index (χ2n) is 1.56. The second-order valence-corrected chi connectivity index (χ2v) is 1.56. The van der Waals surface area contributed by atoms with E-state index in [1.807, 2.05) is 0 Å². The largest absolute Gasteiger partial charge is 0.478 e. The summed E-state index contributed by atoms with van der Waals surface area (Å²) in [5.74, 6) is -1.96. The summed E-state index contributed by atoms with van der Waals surface area (Å²) in [6.45, 7) is 12.6. The van der Waals surface area contributed by atoms with Gasteiger partial charge in [-0.15, -0.1) is 0 Å². The highest BCUT2D eigenvalue weighted by atomic mass is 16.4. The monoisotopic (exact) mass is 198 g/mol. The van der Waals surface area contributed by atoms with E-state index < -0.39 is 11.9 Å². The number of rotatable bonds is 3. The Kier molecular flexibility index (Phi) is 21.8. The molecule has 0 amide bonds. The van der Waals surface area contributed by atoms with Gasteiger partial charge in [-0.05, 0) is 0 Å². The minimum atomic E-state index is -0.981. The highest BCUT2D eigenvalue weighted by Gasteiger charge is 1.73. The molecule has 0 heterocycles. The zero-order valence-corrected chi connectivity index (χ0v) is 7.85. The number of hydrogen-bond donors (Lipinski definition) is 2. The van der Waals surface area contributed by atoms with Crippen molar-refractivity contribution in [3.05, 3.63) is 50.6 Å². The van der Waals surface area contributed by atoms with Crippen LogP contribution in [0.4, 0.5) is 0 Å². The molecule has 0 aliphatic heterocycles. The molecule has 0 atom stereocenters. The number of allylic oxidation sites excluding steroid dienone is 2. The quantitative estimate of drug-likeness (QED) is 0.536. The molecule has 0 rings (SSSR count). The summed E-state index contributed by atoms with van der Waals surface area (Å²) in [4.78, 5) is 18.5. The van der Waals surface area contributed by atoms with Crippen LogP contribution in [0.1, 0.15) is 0 Å². The van der Waals surface area contributed by atoms with Crippen molar-refractivity contribution in [2.75, 3.05) is 0 Å². The van der Waals surface area contributed by atoms with Gasteiger partial charge >= 0.3 is 11.9 Å². The maximum atomic E-state index is 9.25. The molecule has 0 aliphatic carbocycles. The predicted octanol–water partition coefficient (Wildman–Crippen LogP) is 1.87. The molecule has 0 spiro atoms. The van der Waals surface area contributed by atoms with Gasteiger partial charge in [0.1, 0.15) is 0 Å². The van der Waals surface area contributed by atoms with Crippen molar-refractivity contribution in [2.45, 2.75) is 0 Å². The first kappa shape index (κ1) is 17.8. The molecular formula is C10H14O4. The van der Waals surface area contributed by atoms with Crippen LogP contribution >= 0.6 is 0 Å². The van der Waals surface area contributed by atoms with Crippen LogP contribution in [0.25, 0.3) is 0 Å². The zero-order chi connectivity index (χ0) is 12.0. The number of carboxylic acid groups (broad SMARTS) is 2. The van der Waals surface area contributed by atoms with E-state index in [-0.39, 0.29) is 0 Å². The number of aliphatic carboxylic acids is 2. The fraction of sp³-hybridized carbons (Fsp3) is 0. The van der Waals surface area contributed by atoms with Crippen LogP contribution in [0.5, 0.6) is 0 Å². The Labute approximate surface area is 83.2 Å². The van der Waals surface area contributed by atoms with E-state index >= 15 is 0 Å². The van der Waals surface area contributed by atoms with Gasteiger partial charge < -0.3 is 10.2 Å². The summed E-state index contributed by atoms with van der Waals surface area (Å²) in [6.07, 6.45) is 4.94. The Hall–Kier alpha value is -2.10. The van der Waals surface area contributed by atoms with E-state index in [1.165, 1.54) is 0 Å². The Bertz CT molecular complexity index is 192. The van der Waals surface area contributed by atoms with Crippen LogP contribution < -0.4 is 0 Å². The van der Waals surface area contributed by atoms with Crippen molar-refractivity contribution in [1.29, 1.82) is 0 Å². The maximum Gasteiger partial charge on any atom is 0.327 e. The van der Waals surface area contributed by atoms with Gasteiger partial charge in [-0.3, -0.25) is 0 Å². The van der Waals surface area contributed by atoms with Crippen molar-refractivity contribution in [3.63, 3.8) is 0 Å². The molecule has 14 heavy (non-hydrogen) atoms. The van der Waals surface area contributed by atoms with E-state index in [1.54, 1.807) is 12.2 Å². The Balaban J connectivity index is -0.000000131. The first-order chi connectivity index (χ1) is 6.45. The standard InChI is InChI=1S/C4H6.2C3H4O2/c1-3-4-2;2*1-2-3(4)5/h3-4H,1-2H2;2*2H,1H2,(H,4,5). The minimum absolute atomic E-state index is 0.833. The molecule has 0 radical (unpaired) electrons. The SMILES string of the molecule is C=CC(=O)O.C=CC(=O)O.C=CC=C. The van der Waals surface area contributed by atoms with Crippen LogP contribution in [0.2, 0.25) is 0 Å². The molecule has 4 heteroatoms. The third kappa shape index (κ3) is 93.2. The van der Waals surface area contributed by atoms with E-state index in [2.05, 4.69) is 26.3 Å². The zero-order valence-electron chi connectivity index (χ0n) is 7.85. The summed E-state index contributed by atoms with van der Waals surface area (Å²) in [5, 5.41) is 15.2. The van der Waals surface area contributed by atoms with Crippen molar-refractivity contribution in [3.8, 4) is 0 Å². The lowest BCUT2D eigenvalue weighted by atomic mass is 10.6. The van der Waals surface area contributed by atoms with Crippen molar-refractivity contribution in [2.24, 2.45) is 0 Å². The van der Waals surface area contributed by atoms with Gasteiger partial charge in [0.25, 0.3) is 0 Å². The van der Waals surface area contributed by atoms with E-state index in [0.29, 0.717) is 0 Å². The Morgan fingerprint density at radius 2 is 0.929 bits per heavy atom. The predicted molar refractivity (Wildman–Crippen MR) is 56.1 cm³/mol. The molecule has 0 saturated heterocycles. The van der Waals surface area contributed by atoms with Gasteiger partial charge in [0, 0.05) is 12.2 Å². The second kappa shape index (κ2) is 17.1. The molecule has 0 aromatic rings. The average molecular weight is 198 g/mol. The lowest BCUT2D eigenvalue weighted by Crippen LogP contribution is -1.82. The first-order valence-electron chi connectivity index (χ1n) is 3.40. The average Bonchev–Trinajstić information content (AvgIpc) is 2.19. The maximum absolute atomic E-state index is 9.25. The van der Waals surface area contributed by atoms with Gasteiger partial charge in [-0.25, -0.2) is 9.59 Å². The highest BCUT2D eigenvalue weighted by Crippen LogP contribution is 1.55. The minimum Gasteiger partial charge on any atom is -0.478 e. The van der Waals surface area contributed by atoms with Crippen molar-refractivity contribution >= 4 is 11.9 Å². The molecule has 2 N–H and O–H groups in total. The van der Waals surface area contributed by atoms with Gasteiger partial charge in [-0.2, -0.15) is 0 Å². The topological polar surface area (TPSA) is 74.6 Å². The molecule has 0 saturated carbocycles. The normalized spacial score (nSPS) is 6.00. The number of hydrogen-bond acceptors (Lipinski definition) is 2. The molecule has 0 bridgehead atoms. The van der Waals surface area contributed by atoms with Gasteiger partial charge in [0.2, 0.25) is 0 Å². The third-order valence-corrected chi connectivity index (χ3v) is 0.516. The lowest BCUT2D eigenvalue weighted by Gasteiger charge is -1.64. The molecule has 0 fully saturated rings. The Morgan fingerprint density at radius 3 is 0.929 bits per heavy atom. The van der Waals surface area contributed by atoms with Gasteiger partial charge in [0.05, 0.1) is 0 Å². The molecule has 4 nitrogen and oxygen atoms in total. The van der Waals surface area contributed by atoms with Crippen LogP contribution in [0, 0.1) is 0 Å². The summed E-state index contributed by atoms with van der Waals surface area (Å²) in [5.41, 5.74) is 0. The van der Waals surface area contributed by atoms with Crippen LogP contribution in [0.3, 0.4) is 0 Å². The molecule has 0 unspecified atom stereocenters. The van der Waals surface area contributed by atoms with Crippen LogP contribution in [-0.4, -0.2) is 22.2 Å². The summed E-state index contributed by atoms with van der Waals surface area (Å²) in [6, 6.07) is 0. The molecule has 0 aromatic carbocycles. The van der Waals surface area contributed by atoms with Gasteiger partial charge in [-0.1, -0.05) is 38.5 Å². The fourth-order valence-electron chi connectivity index (χ4n) is 0. The van der Waals surface area contributed by atoms with Crippen LogP contribution in [0.15, 0.2) is 50.6 Å². The van der Waals surface area contributed by atoms with E-state index in [0.717, 1.165) is 12.2 Å². The highest BCUT2D eigenvalue weighted by molar-refractivity contribution is 5.79. The number of carbonyl (C=O) groups is 2. The summed E-state index contributed by atoms with van der Waals surface area (Å²) in [7, 11) is 0. The van der Waals surface area contributed by atoms with E-state index in [4.69, 9.17) is 10.2 Å². The molecule has 0 aromatic heterocycles. The van der Waals surface area contributed by atoms with E-state index in [9.17, 15) is 9.59 Å². The first-order valence-corrected chi connectivity index (χ1v) is 3.40. The third-order valence-electron chi connectivity index (χ3n) is 0.516. The summed E-state index contributed by atoms with van der Waals surface area (Å²) < 4.78 is 0. The lowest BCUT2D eigenvalue weighted by molar-refractivity contribution is -0.132. The fourth-order valence-corrected chi connectivity index (χ4v) is 0. The Morgan fingerprint density at radius 1 is 0.786 bits per heavy atom. The number of carboxylic acids is 2. The molecule has 0 aliphatic rings.